The molecule has 2 aliphatic rings. The Morgan fingerprint density at radius 2 is 2.12 bits per heavy atom. The number of rotatable bonds is 5. The van der Waals surface area contributed by atoms with Crippen LogP contribution in [0.15, 0.2) is 18.2 Å². The van der Waals surface area contributed by atoms with Crippen LogP contribution in [0.2, 0.25) is 10.0 Å². The number of piperidine rings is 1. The predicted octanol–water partition coefficient (Wildman–Crippen LogP) is 2.41. The van der Waals surface area contributed by atoms with Crippen LogP contribution in [0, 0.1) is 11.8 Å². The SMILES string of the molecule is NCCNC(=O)C1CCCN(C(=O)C2CC2c2cccc(Cl)c2Cl)C1. The normalized spacial score (nSPS) is 25.6. The number of nitrogens with one attached hydrogen (secondary N) is 1. The quantitative estimate of drug-likeness (QED) is 0.819. The maximum absolute atomic E-state index is 12.8. The monoisotopic (exact) mass is 383 g/mol. The number of hydrogen-bond donors (Lipinski definition) is 2. The number of carbonyl (C=O) groups is 2. The summed E-state index contributed by atoms with van der Waals surface area (Å²) in [5.74, 6) is 0.0497. The van der Waals surface area contributed by atoms with E-state index in [0.29, 0.717) is 36.2 Å². The molecule has 1 aromatic rings. The molecule has 3 N–H and O–H groups in total. The summed E-state index contributed by atoms with van der Waals surface area (Å²) in [5.41, 5.74) is 6.37. The van der Waals surface area contributed by atoms with Gasteiger partial charge in [0.2, 0.25) is 11.8 Å². The van der Waals surface area contributed by atoms with Crippen LogP contribution in [0.1, 0.15) is 30.7 Å². The fourth-order valence-electron chi connectivity index (χ4n) is 3.58. The van der Waals surface area contributed by atoms with Crippen LogP contribution in [-0.2, 0) is 9.59 Å². The molecule has 1 heterocycles. The number of benzene rings is 1. The number of halogens is 2. The lowest BCUT2D eigenvalue weighted by atomic mass is 9.96. The van der Waals surface area contributed by atoms with Gasteiger partial charge in [-0.3, -0.25) is 9.59 Å². The summed E-state index contributed by atoms with van der Waals surface area (Å²) in [7, 11) is 0. The van der Waals surface area contributed by atoms with Gasteiger partial charge in [-0.05, 0) is 36.8 Å². The first kappa shape index (κ1) is 18.5. The zero-order valence-corrected chi connectivity index (χ0v) is 15.5. The molecule has 7 heteroatoms. The minimum absolute atomic E-state index is 0.00631. The number of hydrogen-bond acceptors (Lipinski definition) is 3. The van der Waals surface area contributed by atoms with Crippen LogP contribution >= 0.6 is 23.2 Å². The van der Waals surface area contributed by atoms with E-state index in [1.165, 1.54) is 0 Å². The van der Waals surface area contributed by atoms with Gasteiger partial charge in [-0.25, -0.2) is 0 Å². The molecule has 25 heavy (non-hydrogen) atoms. The van der Waals surface area contributed by atoms with Crippen LogP contribution in [-0.4, -0.2) is 42.9 Å². The average Bonchev–Trinajstić information content (AvgIpc) is 3.42. The number of nitrogens with two attached hydrogens (primary N) is 1. The molecule has 136 valence electrons. The molecule has 2 amide bonds. The van der Waals surface area contributed by atoms with Gasteiger partial charge < -0.3 is 16.0 Å². The first-order chi connectivity index (χ1) is 12.0. The van der Waals surface area contributed by atoms with Crippen LogP contribution in [0.25, 0.3) is 0 Å². The molecule has 1 aromatic carbocycles. The lowest BCUT2D eigenvalue weighted by Gasteiger charge is -2.32. The average molecular weight is 384 g/mol. The largest absolute Gasteiger partial charge is 0.355 e. The van der Waals surface area contributed by atoms with Crippen molar-refractivity contribution in [1.29, 1.82) is 0 Å². The Kier molecular flexibility index (Phi) is 5.87. The van der Waals surface area contributed by atoms with Gasteiger partial charge in [0.05, 0.1) is 16.0 Å². The van der Waals surface area contributed by atoms with Crippen molar-refractivity contribution >= 4 is 35.0 Å². The molecule has 2 fully saturated rings. The molecule has 5 nitrogen and oxygen atoms in total. The van der Waals surface area contributed by atoms with Gasteiger partial charge >= 0.3 is 0 Å². The Morgan fingerprint density at radius 1 is 1.32 bits per heavy atom. The Labute approximate surface area is 157 Å². The highest BCUT2D eigenvalue weighted by Gasteiger charge is 2.47. The molecular formula is C18H23Cl2N3O2. The summed E-state index contributed by atoms with van der Waals surface area (Å²) in [4.78, 5) is 26.8. The van der Waals surface area contributed by atoms with Crippen molar-refractivity contribution in [3.63, 3.8) is 0 Å². The summed E-state index contributed by atoms with van der Waals surface area (Å²) < 4.78 is 0. The molecule has 0 radical (unpaired) electrons. The van der Waals surface area contributed by atoms with E-state index in [0.717, 1.165) is 24.8 Å². The molecule has 1 saturated heterocycles. The summed E-state index contributed by atoms with van der Waals surface area (Å²) >= 11 is 12.4. The van der Waals surface area contributed by atoms with E-state index in [9.17, 15) is 9.59 Å². The van der Waals surface area contributed by atoms with Crippen molar-refractivity contribution in [3.05, 3.63) is 33.8 Å². The smallest absolute Gasteiger partial charge is 0.226 e. The van der Waals surface area contributed by atoms with Crippen molar-refractivity contribution in [2.45, 2.75) is 25.2 Å². The van der Waals surface area contributed by atoms with Crippen LogP contribution < -0.4 is 11.1 Å². The lowest BCUT2D eigenvalue weighted by Crippen LogP contribution is -2.46. The van der Waals surface area contributed by atoms with Crippen molar-refractivity contribution in [2.75, 3.05) is 26.2 Å². The van der Waals surface area contributed by atoms with Gasteiger partial charge in [0.15, 0.2) is 0 Å². The van der Waals surface area contributed by atoms with Gasteiger partial charge in [-0.2, -0.15) is 0 Å². The molecule has 3 unspecified atom stereocenters. The zero-order valence-electron chi connectivity index (χ0n) is 14.0. The molecular weight excluding hydrogens is 361 g/mol. The van der Waals surface area contributed by atoms with Gasteiger partial charge in [-0.15, -0.1) is 0 Å². The standard InChI is InChI=1S/C18H23Cl2N3O2/c19-15-5-1-4-12(16(15)20)13-9-14(13)18(25)23-8-2-3-11(10-23)17(24)22-7-6-21/h1,4-5,11,13-14H,2-3,6-10,21H2,(H,22,24). The molecule has 1 aliphatic heterocycles. The van der Waals surface area contributed by atoms with Crippen LogP contribution in [0.4, 0.5) is 0 Å². The van der Waals surface area contributed by atoms with Gasteiger partial charge in [0.1, 0.15) is 0 Å². The lowest BCUT2D eigenvalue weighted by molar-refractivity contribution is -0.136. The van der Waals surface area contributed by atoms with Gasteiger partial charge in [0, 0.05) is 32.1 Å². The second-order valence-corrected chi connectivity index (χ2v) is 7.58. The second-order valence-electron chi connectivity index (χ2n) is 6.79. The van der Waals surface area contributed by atoms with E-state index in [1.54, 1.807) is 6.07 Å². The second kappa shape index (κ2) is 7.94. The first-order valence-corrected chi connectivity index (χ1v) is 9.49. The number of amides is 2. The van der Waals surface area contributed by atoms with Gasteiger partial charge in [-0.1, -0.05) is 35.3 Å². The zero-order chi connectivity index (χ0) is 18.0. The van der Waals surface area contributed by atoms with E-state index in [-0.39, 0.29) is 29.6 Å². The molecule has 0 bridgehead atoms. The molecule has 0 spiro atoms. The van der Waals surface area contributed by atoms with E-state index < -0.39 is 0 Å². The molecule has 1 saturated carbocycles. The third-order valence-electron chi connectivity index (χ3n) is 5.04. The molecule has 0 aromatic heterocycles. The van der Waals surface area contributed by atoms with Crippen molar-refractivity contribution < 1.29 is 9.59 Å². The van der Waals surface area contributed by atoms with E-state index in [4.69, 9.17) is 28.9 Å². The minimum Gasteiger partial charge on any atom is -0.355 e. The minimum atomic E-state index is -0.142. The third-order valence-corrected chi connectivity index (χ3v) is 5.87. The van der Waals surface area contributed by atoms with Crippen LogP contribution in [0.5, 0.6) is 0 Å². The Bertz CT molecular complexity index is 668. The van der Waals surface area contributed by atoms with Crippen molar-refractivity contribution in [2.24, 2.45) is 17.6 Å². The predicted molar refractivity (Wildman–Crippen MR) is 98.7 cm³/mol. The summed E-state index contributed by atoms with van der Waals surface area (Å²) in [6.07, 6.45) is 2.45. The number of carbonyl (C=O) groups excluding carboxylic acids is 2. The third kappa shape index (κ3) is 4.10. The van der Waals surface area contributed by atoms with E-state index in [2.05, 4.69) is 5.32 Å². The van der Waals surface area contributed by atoms with Crippen LogP contribution in [0.3, 0.4) is 0 Å². The number of likely N-dealkylation sites (tertiary alicyclic amines) is 1. The highest BCUT2D eigenvalue weighted by atomic mass is 35.5. The maximum Gasteiger partial charge on any atom is 0.226 e. The van der Waals surface area contributed by atoms with E-state index in [1.807, 2.05) is 17.0 Å². The maximum atomic E-state index is 12.8. The summed E-state index contributed by atoms with van der Waals surface area (Å²) in [6.45, 7) is 2.10. The fourth-order valence-corrected chi connectivity index (χ4v) is 4.03. The van der Waals surface area contributed by atoms with E-state index >= 15 is 0 Å². The van der Waals surface area contributed by atoms with Gasteiger partial charge in [0.25, 0.3) is 0 Å². The van der Waals surface area contributed by atoms with Crippen molar-refractivity contribution in [3.8, 4) is 0 Å². The summed E-state index contributed by atoms with van der Waals surface area (Å²) in [5, 5.41) is 3.88. The molecule has 3 rings (SSSR count). The van der Waals surface area contributed by atoms with Crippen molar-refractivity contribution in [1.82, 2.24) is 10.2 Å². The Hall–Kier alpha value is -1.30. The molecule has 1 aliphatic carbocycles. The number of nitrogens with zero attached hydrogens (tertiary/aromatic N) is 1. The summed E-state index contributed by atoms with van der Waals surface area (Å²) in [6, 6.07) is 5.55. The molecule has 3 atom stereocenters. The first-order valence-electron chi connectivity index (χ1n) is 8.73. The highest BCUT2D eigenvalue weighted by molar-refractivity contribution is 6.42. The fraction of sp³-hybridized carbons (Fsp3) is 0.556. The Balaban J connectivity index is 1.60. The topological polar surface area (TPSA) is 75.4 Å². The Morgan fingerprint density at radius 3 is 2.88 bits per heavy atom. The highest BCUT2D eigenvalue weighted by Crippen LogP contribution is 2.51.